The average molecular weight is 341 g/mol. The number of pyridine rings is 1. The average Bonchev–Trinajstić information content (AvgIpc) is 3.30. The summed E-state index contributed by atoms with van der Waals surface area (Å²) in [6.45, 7) is 6.42. The first-order chi connectivity index (χ1) is 12.3. The van der Waals surface area contributed by atoms with Gasteiger partial charge in [0.05, 0.1) is 18.8 Å². The van der Waals surface area contributed by atoms with Crippen LogP contribution in [0.2, 0.25) is 0 Å². The monoisotopic (exact) mass is 341 g/mol. The molecule has 0 aromatic carbocycles. The van der Waals surface area contributed by atoms with Crippen molar-refractivity contribution in [2.24, 2.45) is 12.0 Å². The summed E-state index contributed by atoms with van der Waals surface area (Å²) in [6.07, 6.45) is 6.26. The van der Waals surface area contributed by atoms with Crippen molar-refractivity contribution in [3.63, 3.8) is 0 Å². The largest absolute Gasteiger partial charge is 0.357 e. The van der Waals surface area contributed by atoms with Crippen LogP contribution in [0.5, 0.6) is 0 Å². The zero-order chi connectivity index (χ0) is 17.5. The predicted octanol–water partition coefficient (Wildman–Crippen LogP) is 1.67. The van der Waals surface area contributed by atoms with Crippen LogP contribution in [-0.2, 0) is 20.1 Å². The van der Waals surface area contributed by atoms with E-state index in [1.54, 1.807) is 6.20 Å². The van der Waals surface area contributed by atoms with Crippen LogP contribution < -0.4 is 15.5 Å². The number of anilines is 1. The number of guanidine groups is 1. The van der Waals surface area contributed by atoms with E-state index in [9.17, 15) is 0 Å². The second-order valence-corrected chi connectivity index (χ2v) is 6.21. The highest BCUT2D eigenvalue weighted by Gasteiger charge is 2.12. The molecular weight excluding hydrogens is 314 g/mol. The highest BCUT2D eigenvalue weighted by Crippen LogP contribution is 2.17. The number of hydrogen-bond donors (Lipinski definition) is 2. The van der Waals surface area contributed by atoms with Gasteiger partial charge in [0.1, 0.15) is 5.82 Å². The molecule has 0 aliphatic carbocycles. The Morgan fingerprint density at radius 2 is 2.04 bits per heavy atom. The van der Waals surface area contributed by atoms with Crippen LogP contribution in [0.25, 0.3) is 0 Å². The van der Waals surface area contributed by atoms with Gasteiger partial charge in [0.2, 0.25) is 0 Å². The van der Waals surface area contributed by atoms with Crippen LogP contribution in [0.1, 0.15) is 31.0 Å². The number of hydrogen-bond acceptors (Lipinski definition) is 4. The third-order valence-corrected chi connectivity index (χ3v) is 4.36. The molecule has 25 heavy (non-hydrogen) atoms. The lowest BCUT2D eigenvalue weighted by molar-refractivity contribution is 0.685. The third kappa shape index (κ3) is 4.71. The standard InChI is InChI=1S/C18H27N7/c1-3-19-18(22-14-16-8-9-23-24(16)2)21-13-15-6-7-17(20-12-15)25-10-4-5-11-25/h6-9,12H,3-5,10-11,13-14H2,1-2H3,(H2,19,21,22). The lowest BCUT2D eigenvalue weighted by Crippen LogP contribution is -2.37. The van der Waals surface area contributed by atoms with E-state index in [0.717, 1.165) is 42.7 Å². The molecule has 0 atom stereocenters. The van der Waals surface area contributed by atoms with Crippen LogP contribution in [0.3, 0.4) is 0 Å². The number of aliphatic imine (C=N–C) groups is 1. The van der Waals surface area contributed by atoms with Crippen molar-refractivity contribution < 1.29 is 0 Å². The first-order valence-electron chi connectivity index (χ1n) is 8.95. The zero-order valence-corrected chi connectivity index (χ0v) is 15.1. The molecule has 2 aromatic heterocycles. The summed E-state index contributed by atoms with van der Waals surface area (Å²) in [6, 6.07) is 6.22. The van der Waals surface area contributed by atoms with E-state index in [4.69, 9.17) is 0 Å². The Morgan fingerprint density at radius 3 is 2.68 bits per heavy atom. The van der Waals surface area contributed by atoms with Crippen LogP contribution in [0, 0.1) is 0 Å². The van der Waals surface area contributed by atoms with Crippen molar-refractivity contribution in [1.29, 1.82) is 0 Å². The van der Waals surface area contributed by atoms with Gasteiger partial charge < -0.3 is 15.5 Å². The highest BCUT2D eigenvalue weighted by atomic mass is 15.3. The lowest BCUT2D eigenvalue weighted by atomic mass is 10.3. The maximum Gasteiger partial charge on any atom is 0.191 e. The van der Waals surface area contributed by atoms with E-state index >= 15 is 0 Å². The smallest absolute Gasteiger partial charge is 0.191 e. The minimum atomic E-state index is 0.605. The van der Waals surface area contributed by atoms with E-state index in [2.05, 4.69) is 49.7 Å². The Balaban J connectivity index is 1.57. The summed E-state index contributed by atoms with van der Waals surface area (Å²) in [7, 11) is 1.94. The van der Waals surface area contributed by atoms with Gasteiger partial charge in [-0.1, -0.05) is 6.07 Å². The molecule has 7 heteroatoms. The van der Waals surface area contributed by atoms with Gasteiger partial charge in [0.15, 0.2) is 5.96 Å². The van der Waals surface area contributed by atoms with Crippen LogP contribution >= 0.6 is 0 Å². The minimum absolute atomic E-state index is 0.605. The Hall–Kier alpha value is -2.57. The first kappa shape index (κ1) is 17.3. The lowest BCUT2D eigenvalue weighted by Gasteiger charge is -2.16. The molecule has 1 aliphatic rings. The molecule has 0 amide bonds. The number of nitrogens with zero attached hydrogens (tertiary/aromatic N) is 5. The maximum absolute atomic E-state index is 4.65. The molecule has 0 saturated carbocycles. The molecule has 134 valence electrons. The van der Waals surface area contributed by atoms with Crippen molar-refractivity contribution in [2.45, 2.75) is 32.9 Å². The quantitative estimate of drug-likeness (QED) is 0.618. The molecule has 0 bridgehead atoms. The molecule has 7 nitrogen and oxygen atoms in total. The summed E-state index contributed by atoms with van der Waals surface area (Å²) in [4.78, 5) is 11.6. The number of rotatable bonds is 6. The number of aryl methyl sites for hydroxylation is 1. The van der Waals surface area contributed by atoms with Gasteiger partial charge in [-0.2, -0.15) is 5.10 Å². The Bertz CT molecular complexity index is 684. The van der Waals surface area contributed by atoms with E-state index in [1.165, 1.54) is 12.8 Å². The molecule has 0 unspecified atom stereocenters. The van der Waals surface area contributed by atoms with Crippen molar-refractivity contribution in [1.82, 2.24) is 25.4 Å². The Kier molecular flexibility index (Phi) is 5.87. The predicted molar refractivity (Wildman–Crippen MR) is 101 cm³/mol. The van der Waals surface area contributed by atoms with Gasteiger partial charge in [-0.05, 0) is 37.5 Å². The van der Waals surface area contributed by atoms with Crippen molar-refractivity contribution >= 4 is 11.8 Å². The second-order valence-electron chi connectivity index (χ2n) is 6.21. The molecule has 3 heterocycles. The molecule has 0 radical (unpaired) electrons. The fourth-order valence-electron chi connectivity index (χ4n) is 2.90. The molecule has 1 aliphatic heterocycles. The fraction of sp³-hybridized carbons (Fsp3) is 0.500. The summed E-state index contributed by atoms with van der Waals surface area (Å²) in [5, 5.41) is 10.8. The normalized spacial score (nSPS) is 14.8. The van der Waals surface area contributed by atoms with E-state index in [-0.39, 0.29) is 0 Å². The highest BCUT2D eigenvalue weighted by molar-refractivity contribution is 5.79. The van der Waals surface area contributed by atoms with Crippen LogP contribution in [0.4, 0.5) is 5.82 Å². The first-order valence-corrected chi connectivity index (χ1v) is 8.95. The molecule has 1 saturated heterocycles. The molecule has 2 aromatic rings. The molecule has 2 N–H and O–H groups in total. The van der Waals surface area contributed by atoms with Gasteiger partial charge in [0, 0.05) is 39.1 Å². The number of aromatic nitrogens is 3. The fourth-order valence-corrected chi connectivity index (χ4v) is 2.90. The second kappa shape index (κ2) is 8.50. The summed E-state index contributed by atoms with van der Waals surface area (Å²) < 4.78 is 1.86. The van der Waals surface area contributed by atoms with Gasteiger partial charge in [-0.15, -0.1) is 0 Å². The Morgan fingerprint density at radius 1 is 1.20 bits per heavy atom. The molecular formula is C18H27N7. The van der Waals surface area contributed by atoms with Gasteiger partial charge in [-0.3, -0.25) is 4.68 Å². The third-order valence-electron chi connectivity index (χ3n) is 4.36. The van der Waals surface area contributed by atoms with Gasteiger partial charge >= 0.3 is 0 Å². The van der Waals surface area contributed by atoms with Gasteiger partial charge in [-0.25, -0.2) is 9.98 Å². The zero-order valence-electron chi connectivity index (χ0n) is 15.1. The molecule has 3 rings (SSSR count). The SMILES string of the molecule is CCNC(=NCc1ccc(N2CCCC2)nc1)NCc1ccnn1C. The van der Waals surface area contributed by atoms with Crippen molar-refractivity contribution in [3.8, 4) is 0 Å². The van der Waals surface area contributed by atoms with Gasteiger partial charge in [0.25, 0.3) is 0 Å². The summed E-state index contributed by atoms with van der Waals surface area (Å²) >= 11 is 0. The Labute approximate surface area is 149 Å². The summed E-state index contributed by atoms with van der Waals surface area (Å²) in [5.74, 6) is 1.87. The van der Waals surface area contributed by atoms with Crippen LogP contribution in [0.15, 0.2) is 35.6 Å². The van der Waals surface area contributed by atoms with E-state index in [0.29, 0.717) is 13.1 Å². The van der Waals surface area contributed by atoms with Crippen LogP contribution in [-0.4, -0.2) is 40.4 Å². The molecule has 1 fully saturated rings. The van der Waals surface area contributed by atoms with E-state index in [1.807, 2.05) is 24.0 Å². The maximum atomic E-state index is 4.65. The van der Waals surface area contributed by atoms with E-state index < -0.39 is 0 Å². The number of nitrogens with one attached hydrogen (secondary N) is 2. The molecule has 0 spiro atoms. The van der Waals surface area contributed by atoms with Crippen molar-refractivity contribution in [2.75, 3.05) is 24.5 Å². The summed E-state index contributed by atoms with van der Waals surface area (Å²) in [5.41, 5.74) is 2.22. The minimum Gasteiger partial charge on any atom is -0.357 e. The van der Waals surface area contributed by atoms with Crippen molar-refractivity contribution in [3.05, 3.63) is 41.9 Å². The topological polar surface area (TPSA) is 70.4 Å².